The Bertz CT molecular complexity index is 522. The van der Waals surface area contributed by atoms with Crippen molar-refractivity contribution in [2.45, 2.75) is 6.92 Å². The normalized spacial score (nSPS) is 10.2. The Labute approximate surface area is 87.1 Å². The second kappa shape index (κ2) is 3.57. The first-order chi connectivity index (χ1) is 7.18. The van der Waals surface area contributed by atoms with Gasteiger partial charge in [-0.15, -0.1) is 0 Å². The third kappa shape index (κ3) is 1.74. The topological polar surface area (TPSA) is 68.0 Å². The molecule has 76 valence electrons. The summed E-state index contributed by atoms with van der Waals surface area (Å²) in [4.78, 5) is 15.2. The van der Waals surface area contributed by atoms with Crippen molar-refractivity contribution in [1.29, 1.82) is 0 Å². The minimum absolute atomic E-state index is 0.119. The van der Waals surface area contributed by atoms with Gasteiger partial charge in [-0.05, 0) is 24.3 Å². The summed E-state index contributed by atoms with van der Waals surface area (Å²) < 4.78 is 0. The van der Waals surface area contributed by atoms with Crippen molar-refractivity contribution in [2.24, 2.45) is 0 Å². The van der Waals surface area contributed by atoms with Crippen LogP contribution in [0.5, 0.6) is 0 Å². The lowest BCUT2D eigenvalue weighted by Crippen LogP contribution is -2.07. The van der Waals surface area contributed by atoms with Gasteiger partial charge in [0.25, 0.3) is 0 Å². The zero-order valence-electron chi connectivity index (χ0n) is 8.32. The van der Waals surface area contributed by atoms with Gasteiger partial charge < -0.3 is 11.1 Å². The van der Waals surface area contributed by atoms with Gasteiger partial charge in [-0.25, -0.2) is 0 Å². The molecule has 1 amide bonds. The van der Waals surface area contributed by atoms with E-state index in [0.29, 0.717) is 16.9 Å². The summed E-state index contributed by atoms with van der Waals surface area (Å²) in [5.74, 6) is -0.119. The van der Waals surface area contributed by atoms with Crippen LogP contribution in [0.15, 0.2) is 30.5 Å². The first-order valence-electron chi connectivity index (χ1n) is 4.59. The van der Waals surface area contributed by atoms with Gasteiger partial charge in [-0.1, -0.05) is 0 Å². The molecule has 0 saturated heterocycles. The van der Waals surface area contributed by atoms with Crippen LogP contribution in [0.2, 0.25) is 0 Å². The molecule has 1 aromatic carbocycles. The molecule has 4 nitrogen and oxygen atoms in total. The smallest absolute Gasteiger partial charge is 0.221 e. The predicted octanol–water partition coefficient (Wildman–Crippen LogP) is 1.78. The maximum absolute atomic E-state index is 11.0. The number of carbonyl (C=O) groups is 1. The first-order valence-corrected chi connectivity index (χ1v) is 4.59. The van der Waals surface area contributed by atoms with E-state index in [1.807, 2.05) is 12.1 Å². The van der Waals surface area contributed by atoms with E-state index >= 15 is 0 Å². The highest BCUT2D eigenvalue weighted by molar-refractivity contribution is 6.03. The molecule has 2 rings (SSSR count). The van der Waals surface area contributed by atoms with E-state index in [1.165, 1.54) is 6.92 Å². The van der Waals surface area contributed by atoms with Crippen molar-refractivity contribution < 1.29 is 4.79 Å². The first kappa shape index (κ1) is 9.45. The van der Waals surface area contributed by atoms with E-state index in [0.717, 1.165) is 5.39 Å². The summed E-state index contributed by atoms with van der Waals surface area (Å²) in [5, 5.41) is 3.57. The number of nitrogens with zero attached hydrogens (tertiary/aromatic N) is 1. The Morgan fingerprint density at radius 1 is 1.40 bits per heavy atom. The van der Waals surface area contributed by atoms with Crippen LogP contribution in [0.1, 0.15) is 6.92 Å². The fourth-order valence-electron chi connectivity index (χ4n) is 1.49. The summed E-state index contributed by atoms with van der Waals surface area (Å²) >= 11 is 0. The maximum Gasteiger partial charge on any atom is 0.221 e. The van der Waals surface area contributed by atoms with Crippen LogP contribution in [0, 0.1) is 0 Å². The van der Waals surface area contributed by atoms with E-state index in [9.17, 15) is 4.79 Å². The molecule has 0 radical (unpaired) electrons. The third-order valence-corrected chi connectivity index (χ3v) is 2.11. The monoisotopic (exact) mass is 201 g/mol. The van der Waals surface area contributed by atoms with Gasteiger partial charge in [-0.2, -0.15) is 0 Å². The van der Waals surface area contributed by atoms with E-state index < -0.39 is 0 Å². The molecule has 0 atom stereocenters. The zero-order chi connectivity index (χ0) is 10.8. The van der Waals surface area contributed by atoms with E-state index in [1.54, 1.807) is 18.3 Å². The standard InChI is InChI=1S/C11H11N3O/c1-7(15)14-10-5-4-9(12)8-3-2-6-13-11(8)10/h2-6H,12H2,1H3,(H,14,15). The number of nitrogen functional groups attached to an aromatic ring is 1. The van der Waals surface area contributed by atoms with Crippen LogP contribution in [0.4, 0.5) is 11.4 Å². The Morgan fingerprint density at radius 2 is 2.20 bits per heavy atom. The van der Waals surface area contributed by atoms with Gasteiger partial charge in [0.05, 0.1) is 11.2 Å². The van der Waals surface area contributed by atoms with Crippen LogP contribution in [-0.4, -0.2) is 10.9 Å². The lowest BCUT2D eigenvalue weighted by molar-refractivity contribution is -0.114. The SMILES string of the molecule is CC(=O)Nc1ccc(N)c2cccnc12. The molecule has 15 heavy (non-hydrogen) atoms. The number of fused-ring (bicyclic) bond motifs is 1. The second-order valence-corrected chi connectivity index (χ2v) is 3.28. The highest BCUT2D eigenvalue weighted by atomic mass is 16.1. The summed E-state index contributed by atoms with van der Waals surface area (Å²) in [6.07, 6.45) is 1.67. The summed E-state index contributed by atoms with van der Waals surface area (Å²) in [5.41, 5.74) is 7.87. The number of carbonyl (C=O) groups excluding carboxylic acids is 1. The molecule has 4 heteroatoms. The molecule has 0 aliphatic rings. The Hall–Kier alpha value is -2.10. The molecule has 0 unspecified atom stereocenters. The number of hydrogen-bond donors (Lipinski definition) is 2. The van der Waals surface area contributed by atoms with Crippen molar-refractivity contribution in [3.8, 4) is 0 Å². The number of aromatic nitrogens is 1. The van der Waals surface area contributed by atoms with Gasteiger partial charge >= 0.3 is 0 Å². The van der Waals surface area contributed by atoms with E-state index in [2.05, 4.69) is 10.3 Å². The highest BCUT2D eigenvalue weighted by Crippen LogP contribution is 2.25. The number of pyridine rings is 1. The number of benzene rings is 1. The number of rotatable bonds is 1. The fraction of sp³-hybridized carbons (Fsp3) is 0.0909. The van der Waals surface area contributed by atoms with Gasteiger partial charge in [0.15, 0.2) is 0 Å². The van der Waals surface area contributed by atoms with Crippen molar-refractivity contribution in [3.05, 3.63) is 30.5 Å². The van der Waals surface area contributed by atoms with Crippen LogP contribution in [-0.2, 0) is 4.79 Å². The van der Waals surface area contributed by atoms with Gasteiger partial charge in [-0.3, -0.25) is 9.78 Å². The van der Waals surface area contributed by atoms with Gasteiger partial charge in [0.2, 0.25) is 5.91 Å². The fourth-order valence-corrected chi connectivity index (χ4v) is 1.49. The zero-order valence-corrected chi connectivity index (χ0v) is 8.32. The molecule has 0 spiro atoms. The lowest BCUT2D eigenvalue weighted by atomic mass is 10.1. The van der Waals surface area contributed by atoms with Crippen LogP contribution >= 0.6 is 0 Å². The summed E-state index contributed by atoms with van der Waals surface area (Å²) in [6.45, 7) is 1.46. The summed E-state index contributed by atoms with van der Waals surface area (Å²) in [6, 6.07) is 7.21. The molecular formula is C11H11N3O. The molecule has 0 saturated carbocycles. The van der Waals surface area contributed by atoms with Crippen LogP contribution in [0.25, 0.3) is 10.9 Å². The average molecular weight is 201 g/mol. The van der Waals surface area contributed by atoms with E-state index in [-0.39, 0.29) is 5.91 Å². The Kier molecular flexibility index (Phi) is 2.25. The molecule has 3 N–H and O–H groups in total. The molecule has 2 aromatic rings. The van der Waals surface area contributed by atoms with Gasteiger partial charge in [0, 0.05) is 24.2 Å². The largest absolute Gasteiger partial charge is 0.398 e. The lowest BCUT2D eigenvalue weighted by Gasteiger charge is -2.07. The molecule has 0 aliphatic heterocycles. The van der Waals surface area contributed by atoms with Crippen LogP contribution in [0.3, 0.4) is 0 Å². The molecule has 0 fully saturated rings. The molecule has 1 heterocycles. The van der Waals surface area contributed by atoms with Gasteiger partial charge in [0.1, 0.15) is 0 Å². The van der Waals surface area contributed by atoms with Crippen molar-refractivity contribution >= 4 is 28.2 Å². The van der Waals surface area contributed by atoms with Crippen molar-refractivity contribution in [3.63, 3.8) is 0 Å². The average Bonchev–Trinajstić information content (AvgIpc) is 2.22. The number of amides is 1. The predicted molar refractivity (Wildman–Crippen MR) is 60.5 cm³/mol. The highest BCUT2D eigenvalue weighted by Gasteiger charge is 2.05. The minimum atomic E-state index is -0.119. The third-order valence-electron chi connectivity index (χ3n) is 2.11. The number of anilines is 2. The van der Waals surface area contributed by atoms with E-state index in [4.69, 9.17) is 5.73 Å². The van der Waals surface area contributed by atoms with Crippen molar-refractivity contribution in [1.82, 2.24) is 4.98 Å². The Balaban J connectivity index is 2.66. The number of hydrogen-bond acceptors (Lipinski definition) is 3. The molecule has 1 aromatic heterocycles. The van der Waals surface area contributed by atoms with Crippen molar-refractivity contribution in [2.75, 3.05) is 11.1 Å². The second-order valence-electron chi connectivity index (χ2n) is 3.28. The summed E-state index contributed by atoms with van der Waals surface area (Å²) in [7, 11) is 0. The molecular weight excluding hydrogens is 190 g/mol. The molecule has 0 bridgehead atoms. The molecule has 0 aliphatic carbocycles. The maximum atomic E-state index is 11.0. The number of nitrogens with two attached hydrogens (primary N) is 1. The quantitative estimate of drug-likeness (QED) is 0.691. The van der Waals surface area contributed by atoms with Crippen LogP contribution < -0.4 is 11.1 Å². The Morgan fingerprint density at radius 3 is 2.93 bits per heavy atom. The minimum Gasteiger partial charge on any atom is -0.398 e. The number of nitrogens with one attached hydrogen (secondary N) is 1.